The molecule has 3 heteroatoms. The van der Waals surface area contributed by atoms with E-state index in [1.165, 1.54) is 51.4 Å². The normalized spacial score (nSPS) is 31.7. The second-order valence-electron chi connectivity index (χ2n) is 9.22. The van der Waals surface area contributed by atoms with Gasteiger partial charge in [0.25, 0.3) is 0 Å². The van der Waals surface area contributed by atoms with E-state index in [1.807, 2.05) is 0 Å². The smallest absolute Gasteiger partial charge is 0.222 e. The van der Waals surface area contributed by atoms with Crippen molar-refractivity contribution in [3.63, 3.8) is 0 Å². The Bertz CT molecular complexity index is 424. The molecule has 0 bridgehead atoms. The maximum absolute atomic E-state index is 12.9. The van der Waals surface area contributed by atoms with Gasteiger partial charge in [-0.15, -0.1) is 0 Å². The highest BCUT2D eigenvalue weighted by Gasteiger charge is 2.50. The van der Waals surface area contributed by atoms with Gasteiger partial charge in [-0.25, -0.2) is 0 Å². The number of hydrogen-bond acceptors (Lipinski definition) is 2. The van der Waals surface area contributed by atoms with Gasteiger partial charge in [0.05, 0.1) is 6.10 Å². The molecule has 152 valence electrons. The van der Waals surface area contributed by atoms with Crippen molar-refractivity contribution in [2.45, 2.75) is 123 Å². The quantitative estimate of drug-likeness (QED) is 0.505. The summed E-state index contributed by atoms with van der Waals surface area (Å²) < 4.78 is 0. The Morgan fingerprint density at radius 2 is 1.65 bits per heavy atom. The SMILES string of the molecule is CCCCCCCCCCCC(=O)N1CCCC2(C)C1CC[C@H](O)[C@@H]2C. The van der Waals surface area contributed by atoms with Crippen LogP contribution >= 0.6 is 0 Å². The Balaban J connectivity index is 1.69. The van der Waals surface area contributed by atoms with Crippen LogP contribution in [0, 0.1) is 11.3 Å². The molecule has 3 nitrogen and oxygen atoms in total. The summed E-state index contributed by atoms with van der Waals surface area (Å²) in [5, 5.41) is 10.3. The summed E-state index contributed by atoms with van der Waals surface area (Å²) in [6.07, 6.45) is 16.3. The highest BCUT2D eigenvalue weighted by atomic mass is 16.3. The van der Waals surface area contributed by atoms with E-state index < -0.39 is 0 Å². The number of fused-ring (bicyclic) bond motifs is 1. The van der Waals surface area contributed by atoms with Gasteiger partial charge in [-0.2, -0.15) is 0 Å². The van der Waals surface area contributed by atoms with E-state index in [0.717, 1.165) is 45.1 Å². The highest BCUT2D eigenvalue weighted by Crippen LogP contribution is 2.49. The minimum atomic E-state index is -0.191. The van der Waals surface area contributed by atoms with Crippen molar-refractivity contribution >= 4 is 5.91 Å². The maximum atomic E-state index is 12.9. The van der Waals surface area contributed by atoms with E-state index >= 15 is 0 Å². The average molecular weight is 366 g/mol. The monoisotopic (exact) mass is 365 g/mol. The number of carbonyl (C=O) groups is 1. The Hall–Kier alpha value is -0.570. The molecule has 1 aliphatic heterocycles. The number of carbonyl (C=O) groups excluding carboxylic acids is 1. The second-order valence-corrected chi connectivity index (χ2v) is 9.22. The van der Waals surface area contributed by atoms with Gasteiger partial charge in [-0.3, -0.25) is 4.79 Å². The van der Waals surface area contributed by atoms with E-state index in [4.69, 9.17) is 0 Å². The van der Waals surface area contributed by atoms with Gasteiger partial charge in [0.15, 0.2) is 0 Å². The number of likely N-dealkylation sites (tertiary alicyclic amines) is 1. The summed E-state index contributed by atoms with van der Waals surface area (Å²) in [6, 6.07) is 0.348. The molecule has 0 aromatic carbocycles. The fraction of sp³-hybridized carbons (Fsp3) is 0.957. The minimum absolute atomic E-state index is 0.101. The predicted octanol–water partition coefficient (Wildman–Crippen LogP) is 5.70. The molecule has 1 saturated heterocycles. The van der Waals surface area contributed by atoms with Gasteiger partial charge in [0.1, 0.15) is 0 Å². The van der Waals surface area contributed by atoms with Gasteiger partial charge < -0.3 is 10.0 Å². The first-order valence-corrected chi connectivity index (χ1v) is 11.5. The first kappa shape index (κ1) is 21.7. The number of unbranched alkanes of at least 4 members (excludes halogenated alkanes) is 8. The fourth-order valence-electron chi connectivity index (χ4n) is 5.37. The van der Waals surface area contributed by atoms with Gasteiger partial charge >= 0.3 is 0 Å². The van der Waals surface area contributed by atoms with Crippen molar-refractivity contribution in [3.8, 4) is 0 Å². The Labute approximate surface area is 161 Å². The lowest BCUT2D eigenvalue weighted by Crippen LogP contribution is -2.60. The Morgan fingerprint density at radius 1 is 1.04 bits per heavy atom. The molecule has 2 unspecified atom stereocenters. The molecule has 1 amide bonds. The van der Waals surface area contributed by atoms with Crippen molar-refractivity contribution < 1.29 is 9.90 Å². The number of piperidine rings is 1. The van der Waals surface area contributed by atoms with Crippen molar-refractivity contribution in [3.05, 3.63) is 0 Å². The molecule has 2 fully saturated rings. The first-order chi connectivity index (χ1) is 12.5. The van der Waals surface area contributed by atoms with Crippen molar-refractivity contribution in [1.82, 2.24) is 4.90 Å². The number of aliphatic hydroxyl groups is 1. The van der Waals surface area contributed by atoms with Crippen molar-refractivity contribution in [2.75, 3.05) is 6.54 Å². The largest absolute Gasteiger partial charge is 0.393 e. The van der Waals surface area contributed by atoms with E-state index in [0.29, 0.717) is 17.9 Å². The molecule has 1 N–H and O–H groups in total. The number of amides is 1. The van der Waals surface area contributed by atoms with Crippen LogP contribution in [0.15, 0.2) is 0 Å². The third-order valence-corrected chi connectivity index (χ3v) is 7.42. The van der Waals surface area contributed by atoms with Gasteiger partial charge in [-0.1, -0.05) is 72.1 Å². The van der Waals surface area contributed by atoms with Crippen LogP contribution in [0.2, 0.25) is 0 Å². The number of rotatable bonds is 10. The first-order valence-electron chi connectivity index (χ1n) is 11.5. The van der Waals surface area contributed by atoms with Crippen LogP contribution in [0.25, 0.3) is 0 Å². The molecule has 0 aromatic rings. The molecule has 2 rings (SSSR count). The Morgan fingerprint density at radius 3 is 2.31 bits per heavy atom. The minimum Gasteiger partial charge on any atom is -0.393 e. The molecular formula is C23H43NO2. The topological polar surface area (TPSA) is 40.5 Å². The van der Waals surface area contributed by atoms with Gasteiger partial charge in [-0.05, 0) is 43.4 Å². The van der Waals surface area contributed by atoms with E-state index in [9.17, 15) is 9.90 Å². The summed E-state index contributed by atoms with van der Waals surface area (Å²) in [6.45, 7) is 7.69. The number of hydrogen-bond donors (Lipinski definition) is 1. The van der Waals surface area contributed by atoms with Crippen LogP contribution in [0.4, 0.5) is 0 Å². The lowest BCUT2D eigenvalue weighted by Gasteiger charge is -2.55. The third kappa shape index (κ3) is 5.47. The lowest BCUT2D eigenvalue weighted by atomic mass is 9.60. The van der Waals surface area contributed by atoms with Crippen LogP contribution < -0.4 is 0 Å². The number of aliphatic hydroxyl groups excluding tert-OH is 1. The van der Waals surface area contributed by atoms with Crippen LogP contribution in [0.1, 0.15) is 111 Å². The fourth-order valence-corrected chi connectivity index (χ4v) is 5.37. The second kappa shape index (κ2) is 10.7. The van der Waals surface area contributed by atoms with Crippen molar-refractivity contribution in [2.24, 2.45) is 11.3 Å². The molecular weight excluding hydrogens is 322 g/mol. The highest BCUT2D eigenvalue weighted by molar-refractivity contribution is 5.76. The molecule has 2 aliphatic rings. The zero-order valence-corrected chi connectivity index (χ0v) is 17.6. The molecule has 0 spiro atoms. The molecule has 26 heavy (non-hydrogen) atoms. The van der Waals surface area contributed by atoms with E-state index in [1.54, 1.807) is 0 Å². The van der Waals surface area contributed by atoms with Crippen LogP contribution in [-0.2, 0) is 4.79 Å². The average Bonchev–Trinajstić information content (AvgIpc) is 2.63. The molecule has 1 saturated carbocycles. The molecule has 4 atom stereocenters. The summed E-state index contributed by atoms with van der Waals surface area (Å²) in [5.74, 6) is 0.664. The van der Waals surface area contributed by atoms with E-state index in [-0.39, 0.29) is 11.5 Å². The standard InChI is InChI=1S/C23H43NO2/c1-4-5-6-7-8-9-10-11-12-14-22(26)24-18-13-17-23(3)19(2)20(25)15-16-21(23)24/h19-21,25H,4-18H2,1-3H3/t19-,20-,21?,23?/m0/s1. The zero-order chi connectivity index (χ0) is 19.0. The summed E-state index contributed by atoms with van der Waals surface area (Å²) in [7, 11) is 0. The summed E-state index contributed by atoms with van der Waals surface area (Å²) in [4.78, 5) is 15.0. The van der Waals surface area contributed by atoms with Crippen molar-refractivity contribution in [1.29, 1.82) is 0 Å². The summed E-state index contributed by atoms with van der Waals surface area (Å²) in [5.41, 5.74) is 0.101. The van der Waals surface area contributed by atoms with Gasteiger partial charge in [0.2, 0.25) is 5.91 Å². The predicted molar refractivity (Wildman–Crippen MR) is 109 cm³/mol. The maximum Gasteiger partial charge on any atom is 0.222 e. The molecule has 0 radical (unpaired) electrons. The van der Waals surface area contributed by atoms with Crippen LogP contribution in [-0.4, -0.2) is 34.6 Å². The molecule has 1 heterocycles. The molecule has 1 aliphatic carbocycles. The number of nitrogens with zero attached hydrogens (tertiary/aromatic N) is 1. The summed E-state index contributed by atoms with van der Waals surface area (Å²) >= 11 is 0. The lowest BCUT2D eigenvalue weighted by molar-refractivity contribution is -0.149. The third-order valence-electron chi connectivity index (χ3n) is 7.42. The van der Waals surface area contributed by atoms with Crippen LogP contribution in [0.3, 0.4) is 0 Å². The van der Waals surface area contributed by atoms with Crippen LogP contribution in [0.5, 0.6) is 0 Å². The van der Waals surface area contributed by atoms with E-state index in [2.05, 4.69) is 25.7 Å². The Kier molecular flexibility index (Phi) is 8.93. The zero-order valence-electron chi connectivity index (χ0n) is 17.6. The molecule has 0 aromatic heterocycles. The van der Waals surface area contributed by atoms with Gasteiger partial charge in [0, 0.05) is 19.0 Å².